The molecule has 3 aromatic heterocycles. The predicted octanol–water partition coefficient (Wildman–Crippen LogP) is 4.07. The Labute approximate surface area is 181 Å². The number of anilines is 1. The van der Waals surface area contributed by atoms with Crippen molar-refractivity contribution in [3.8, 4) is 17.3 Å². The lowest BCUT2D eigenvalue weighted by Gasteiger charge is -2.40. The molecular formula is C21H19F4N7. The highest BCUT2D eigenvalue weighted by Crippen LogP contribution is 2.41. The van der Waals surface area contributed by atoms with Gasteiger partial charge in [0.15, 0.2) is 0 Å². The van der Waals surface area contributed by atoms with Gasteiger partial charge in [-0.05, 0) is 38.0 Å². The lowest BCUT2D eigenvalue weighted by Crippen LogP contribution is -2.41. The molecule has 4 rings (SSSR count). The monoisotopic (exact) mass is 445 g/mol. The minimum Gasteiger partial charge on any atom is -0.366 e. The van der Waals surface area contributed by atoms with Gasteiger partial charge in [0.25, 0.3) is 0 Å². The van der Waals surface area contributed by atoms with Gasteiger partial charge < -0.3 is 9.47 Å². The number of halogens is 4. The zero-order chi connectivity index (χ0) is 23.0. The fourth-order valence-electron chi connectivity index (χ4n) is 4.18. The second-order valence-corrected chi connectivity index (χ2v) is 7.80. The quantitative estimate of drug-likeness (QED) is 0.446. The Hall–Kier alpha value is -3.55. The summed E-state index contributed by atoms with van der Waals surface area (Å²) in [7, 11) is 1.86. The van der Waals surface area contributed by atoms with Crippen molar-refractivity contribution < 1.29 is 17.6 Å². The third kappa shape index (κ3) is 4.00. The summed E-state index contributed by atoms with van der Waals surface area (Å²) in [5, 5.41) is 17.8. The summed E-state index contributed by atoms with van der Waals surface area (Å²) in [5.41, 5.74) is -0.883. The summed E-state index contributed by atoms with van der Waals surface area (Å²) >= 11 is 0. The van der Waals surface area contributed by atoms with E-state index in [0.717, 1.165) is 24.2 Å². The molecule has 32 heavy (non-hydrogen) atoms. The molecule has 0 saturated carbocycles. The van der Waals surface area contributed by atoms with E-state index >= 15 is 0 Å². The summed E-state index contributed by atoms with van der Waals surface area (Å²) in [4.78, 5) is 9.28. The number of piperidine rings is 1. The molecule has 166 valence electrons. The molecule has 0 spiro atoms. The van der Waals surface area contributed by atoms with Crippen molar-refractivity contribution in [3.63, 3.8) is 0 Å². The Kier molecular flexibility index (Phi) is 5.54. The first-order valence-electron chi connectivity index (χ1n) is 9.93. The van der Waals surface area contributed by atoms with Crippen LogP contribution in [0.25, 0.3) is 11.3 Å². The Bertz CT molecular complexity index is 1160. The van der Waals surface area contributed by atoms with Gasteiger partial charge in [-0.3, -0.25) is 0 Å². The van der Waals surface area contributed by atoms with Gasteiger partial charge >= 0.3 is 6.18 Å². The van der Waals surface area contributed by atoms with Crippen molar-refractivity contribution in [2.24, 2.45) is 7.05 Å². The average molecular weight is 445 g/mol. The Morgan fingerprint density at radius 3 is 2.59 bits per heavy atom. The topological polar surface area (TPSA) is 83.5 Å². The van der Waals surface area contributed by atoms with E-state index in [4.69, 9.17) is 0 Å². The van der Waals surface area contributed by atoms with Gasteiger partial charge in [-0.1, -0.05) is 0 Å². The molecule has 2 atom stereocenters. The maximum atomic E-state index is 13.5. The summed E-state index contributed by atoms with van der Waals surface area (Å²) in [6, 6.07) is 4.90. The molecule has 1 saturated heterocycles. The van der Waals surface area contributed by atoms with Gasteiger partial charge in [0, 0.05) is 37.3 Å². The van der Waals surface area contributed by atoms with Gasteiger partial charge in [-0.25, -0.2) is 9.97 Å². The first-order chi connectivity index (χ1) is 15.2. The maximum absolute atomic E-state index is 13.5. The van der Waals surface area contributed by atoms with E-state index in [-0.39, 0.29) is 34.5 Å². The standard InChI is InChI=1S/C21H19F4N7/c1-12-7-13(20-30-28-11-31(20)2)5-6-32(12)19-15(9-26)8-16(21(23,24)25)29-18(19)14-3-4-17(22)27-10-14/h3-4,8,10-13H,5-7H2,1-2H3/t12-,13-/m0/s1. The fraction of sp³-hybridized carbons (Fsp3) is 0.381. The minimum atomic E-state index is -4.74. The molecule has 11 heteroatoms. The van der Waals surface area contributed by atoms with E-state index in [9.17, 15) is 22.8 Å². The van der Waals surface area contributed by atoms with Crippen molar-refractivity contribution in [2.45, 2.75) is 37.9 Å². The number of aromatic nitrogens is 5. The van der Waals surface area contributed by atoms with Crippen molar-refractivity contribution in [3.05, 3.63) is 53.8 Å². The second kappa shape index (κ2) is 8.18. The zero-order valence-corrected chi connectivity index (χ0v) is 17.3. The molecule has 0 N–H and O–H groups in total. The molecule has 0 aliphatic carbocycles. The molecular weight excluding hydrogens is 426 g/mol. The average Bonchev–Trinajstić information content (AvgIpc) is 3.18. The number of aryl methyl sites for hydroxylation is 1. The van der Waals surface area contributed by atoms with Crippen LogP contribution in [-0.4, -0.2) is 37.3 Å². The van der Waals surface area contributed by atoms with Gasteiger partial charge in [0.1, 0.15) is 23.9 Å². The van der Waals surface area contributed by atoms with Crippen LogP contribution in [0.2, 0.25) is 0 Å². The largest absolute Gasteiger partial charge is 0.433 e. The van der Waals surface area contributed by atoms with Crippen LogP contribution in [0.3, 0.4) is 0 Å². The molecule has 3 aromatic rings. The maximum Gasteiger partial charge on any atom is 0.433 e. The Morgan fingerprint density at radius 2 is 2.03 bits per heavy atom. The zero-order valence-electron chi connectivity index (χ0n) is 17.3. The van der Waals surface area contributed by atoms with E-state index in [1.54, 1.807) is 6.33 Å². The summed E-state index contributed by atoms with van der Waals surface area (Å²) in [5.74, 6) is 0.198. The van der Waals surface area contributed by atoms with E-state index in [2.05, 4.69) is 20.2 Å². The molecule has 1 fully saturated rings. The van der Waals surface area contributed by atoms with E-state index in [0.29, 0.717) is 19.4 Å². The van der Waals surface area contributed by atoms with Gasteiger partial charge in [-0.15, -0.1) is 10.2 Å². The minimum absolute atomic E-state index is 0.0483. The van der Waals surface area contributed by atoms with Crippen LogP contribution in [-0.2, 0) is 13.2 Å². The summed E-state index contributed by atoms with van der Waals surface area (Å²) in [6.07, 6.45) is -0.654. The van der Waals surface area contributed by atoms with Crippen LogP contribution in [0.1, 0.15) is 42.8 Å². The van der Waals surface area contributed by atoms with Crippen LogP contribution < -0.4 is 4.90 Å². The molecule has 0 bridgehead atoms. The van der Waals surface area contributed by atoms with Gasteiger partial charge in [0.05, 0.1) is 16.9 Å². The third-order valence-corrected chi connectivity index (χ3v) is 5.68. The molecule has 0 aromatic carbocycles. The molecule has 1 aliphatic rings. The summed E-state index contributed by atoms with van der Waals surface area (Å²) < 4.78 is 55.7. The fourth-order valence-corrected chi connectivity index (χ4v) is 4.18. The first-order valence-corrected chi connectivity index (χ1v) is 9.93. The molecule has 7 nitrogen and oxygen atoms in total. The predicted molar refractivity (Wildman–Crippen MR) is 107 cm³/mol. The molecule has 0 unspecified atom stereocenters. The molecule has 1 aliphatic heterocycles. The SMILES string of the molecule is C[C@H]1C[C@@H](c2nncn2C)CCN1c1c(C#N)cc(C(F)(F)F)nc1-c1ccc(F)nc1. The van der Waals surface area contributed by atoms with Gasteiger partial charge in [-0.2, -0.15) is 22.8 Å². The molecule has 4 heterocycles. The van der Waals surface area contributed by atoms with E-state index in [1.807, 2.05) is 29.5 Å². The number of nitriles is 1. The third-order valence-electron chi connectivity index (χ3n) is 5.68. The van der Waals surface area contributed by atoms with Crippen molar-refractivity contribution in [1.29, 1.82) is 5.26 Å². The van der Waals surface area contributed by atoms with Crippen molar-refractivity contribution in [2.75, 3.05) is 11.4 Å². The Balaban J connectivity index is 1.80. The highest BCUT2D eigenvalue weighted by molar-refractivity contribution is 5.80. The number of hydrogen-bond donors (Lipinski definition) is 0. The van der Waals surface area contributed by atoms with E-state index < -0.39 is 17.8 Å². The van der Waals surface area contributed by atoms with Crippen LogP contribution in [0.4, 0.5) is 23.2 Å². The van der Waals surface area contributed by atoms with Crippen LogP contribution in [0, 0.1) is 17.3 Å². The Morgan fingerprint density at radius 1 is 1.25 bits per heavy atom. The highest BCUT2D eigenvalue weighted by Gasteiger charge is 2.37. The summed E-state index contributed by atoms with van der Waals surface area (Å²) in [6.45, 7) is 2.41. The molecule has 0 radical (unpaired) electrons. The highest BCUT2D eigenvalue weighted by atomic mass is 19.4. The number of rotatable bonds is 3. The van der Waals surface area contributed by atoms with Crippen LogP contribution >= 0.6 is 0 Å². The van der Waals surface area contributed by atoms with Crippen LogP contribution in [0.5, 0.6) is 0 Å². The number of hydrogen-bond acceptors (Lipinski definition) is 6. The second-order valence-electron chi connectivity index (χ2n) is 7.80. The number of pyridine rings is 2. The van der Waals surface area contributed by atoms with E-state index in [1.165, 1.54) is 6.07 Å². The molecule has 0 amide bonds. The first kappa shape index (κ1) is 21.7. The van der Waals surface area contributed by atoms with Crippen molar-refractivity contribution >= 4 is 5.69 Å². The van der Waals surface area contributed by atoms with Gasteiger partial charge in [0.2, 0.25) is 5.95 Å². The lowest BCUT2D eigenvalue weighted by atomic mass is 9.89. The number of nitrogens with zero attached hydrogens (tertiary/aromatic N) is 7. The van der Waals surface area contributed by atoms with Crippen LogP contribution in [0.15, 0.2) is 30.7 Å². The smallest absolute Gasteiger partial charge is 0.366 e. The lowest BCUT2D eigenvalue weighted by molar-refractivity contribution is -0.141. The normalized spacial score (nSPS) is 19.1. The van der Waals surface area contributed by atoms with Crippen molar-refractivity contribution in [1.82, 2.24) is 24.7 Å². The number of alkyl halides is 3.